The molecule has 38 heavy (non-hydrogen) atoms. The van der Waals surface area contributed by atoms with Crippen LogP contribution >= 0.6 is 0 Å². The maximum atomic E-state index is 10.6. The summed E-state index contributed by atoms with van der Waals surface area (Å²) in [7, 11) is 0. The van der Waals surface area contributed by atoms with E-state index >= 15 is 0 Å². The highest BCUT2D eigenvalue weighted by Gasteiger charge is 2.24. The van der Waals surface area contributed by atoms with Gasteiger partial charge in [0.1, 0.15) is 11.5 Å². The third kappa shape index (κ3) is 9.35. The molecule has 0 aliphatic heterocycles. The van der Waals surface area contributed by atoms with Gasteiger partial charge in [-0.15, -0.1) is 0 Å². The van der Waals surface area contributed by atoms with Crippen molar-refractivity contribution in [2.45, 2.75) is 156 Å². The molecule has 0 saturated carbocycles. The second-order valence-corrected chi connectivity index (χ2v) is 13.1. The maximum absolute atomic E-state index is 10.6. The topological polar surface area (TPSA) is 40.5 Å². The second-order valence-electron chi connectivity index (χ2n) is 13.1. The Morgan fingerprint density at radius 3 is 1.08 bits per heavy atom. The summed E-state index contributed by atoms with van der Waals surface area (Å²) < 4.78 is 0. The summed E-state index contributed by atoms with van der Waals surface area (Å²) in [5.41, 5.74) is 7.05. The van der Waals surface area contributed by atoms with E-state index in [1.807, 2.05) is 13.8 Å². The number of aryl methyl sites for hydroxylation is 4. The average Bonchev–Trinajstić information content (AvgIpc) is 2.88. The number of hydrogen-bond acceptors (Lipinski definition) is 2. The molecule has 2 nitrogen and oxygen atoms in total. The van der Waals surface area contributed by atoms with Gasteiger partial charge in [0.2, 0.25) is 0 Å². The van der Waals surface area contributed by atoms with Gasteiger partial charge in [0.15, 0.2) is 0 Å². The molecule has 0 atom stereocenters. The largest absolute Gasteiger partial charge is 0.507 e. The summed E-state index contributed by atoms with van der Waals surface area (Å²) >= 11 is 0. The van der Waals surface area contributed by atoms with Crippen molar-refractivity contribution >= 4 is 0 Å². The molecule has 2 aromatic rings. The molecule has 0 spiro atoms. The molecule has 0 aliphatic carbocycles. The minimum absolute atomic E-state index is 0.0186. The first kappa shape index (κ1) is 32.3. The normalized spacial score (nSPS) is 12.3. The first-order chi connectivity index (χ1) is 17.9. The Kier molecular flexibility index (Phi) is 12.7. The van der Waals surface area contributed by atoms with Gasteiger partial charge in [0, 0.05) is 11.1 Å². The minimum Gasteiger partial charge on any atom is -0.507 e. The summed E-state index contributed by atoms with van der Waals surface area (Å²) in [6.07, 6.45) is 17.5. The molecule has 2 rings (SSSR count). The lowest BCUT2D eigenvalue weighted by Gasteiger charge is -2.26. The monoisotopic (exact) mass is 522 g/mol. The van der Waals surface area contributed by atoms with Crippen LogP contribution in [-0.4, -0.2) is 10.2 Å². The average molecular weight is 523 g/mol. The lowest BCUT2D eigenvalue weighted by atomic mass is 9.80. The van der Waals surface area contributed by atoms with E-state index in [0.717, 1.165) is 47.9 Å². The molecule has 0 radical (unpaired) electrons. The summed E-state index contributed by atoms with van der Waals surface area (Å²) in [4.78, 5) is 0. The Balaban J connectivity index is 1.59. The van der Waals surface area contributed by atoms with Crippen molar-refractivity contribution in [1.82, 2.24) is 0 Å². The standard InChI is InChI=1S/C36H58O2/c1-9-35(5,6)31-25-29(23-27(3)33(31)37)21-19-17-15-13-11-12-14-16-18-20-22-30-24-28(4)34(38)32(26-30)36(7,8)10-2/h23-26,37-38H,9-22H2,1-8H3. The number of aromatic hydroxyl groups is 2. The van der Waals surface area contributed by atoms with Crippen LogP contribution in [0.5, 0.6) is 11.5 Å². The lowest BCUT2D eigenvalue weighted by Crippen LogP contribution is -2.16. The number of phenolic OH excluding ortho intramolecular Hbond substituents is 2. The van der Waals surface area contributed by atoms with Crippen molar-refractivity contribution in [3.05, 3.63) is 57.6 Å². The molecule has 0 heterocycles. The minimum atomic E-state index is 0.0186. The van der Waals surface area contributed by atoms with E-state index < -0.39 is 0 Å². The van der Waals surface area contributed by atoms with Crippen molar-refractivity contribution < 1.29 is 10.2 Å². The predicted octanol–water partition coefficient (Wildman–Crippen LogP) is 10.8. The van der Waals surface area contributed by atoms with Gasteiger partial charge in [-0.2, -0.15) is 0 Å². The molecule has 2 N–H and O–H groups in total. The maximum Gasteiger partial charge on any atom is 0.122 e. The van der Waals surface area contributed by atoms with Gasteiger partial charge in [0.25, 0.3) is 0 Å². The van der Waals surface area contributed by atoms with Gasteiger partial charge in [-0.05, 0) is 85.5 Å². The van der Waals surface area contributed by atoms with Crippen molar-refractivity contribution in [3.8, 4) is 11.5 Å². The first-order valence-electron chi connectivity index (χ1n) is 15.6. The van der Waals surface area contributed by atoms with Crippen molar-refractivity contribution in [1.29, 1.82) is 0 Å². The smallest absolute Gasteiger partial charge is 0.122 e. The first-order valence-corrected chi connectivity index (χ1v) is 15.6. The van der Waals surface area contributed by atoms with Crippen LogP contribution in [0, 0.1) is 13.8 Å². The molecular formula is C36H58O2. The fourth-order valence-electron chi connectivity index (χ4n) is 5.48. The zero-order valence-electron chi connectivity index (χ0n) is 26.1. The highest BCUT2D eigenvalue weighted by molar-refractivity contribution is 5.47. The second kappa shape index (κ2) is 15.0. The zero-order chi connectivity index (χ0) is 28.3. The van der Waals surface area contributed by atoms with Gasteiger partial charge in [0.05, 0.1) is 0 Å². The van der Waals surface area contributed by atoms with E-state index in [-0.39, 0.29) is 10.8 Å². The number of rotatable bonds is 17. The van der Waals surface area contributed by atoms with Crippen LogP contribution < -0.4 is 0 Å². The summed E-state index contributed by atoms with van der Waals surface area (Å²) in [5, 5.41) is 21.1. The van der Waals surface area contributed by atoms with Gasteiger partial charge in [-0.25, -0.2) is 0 Å². The van der Waals surface area contributed by atoms with Gasteiger partial charge < -0.3 is 10.2 Å². The van der Waals surface area contributed by atoms with Gasteiger partial charge in [-0.1, -0.05) is 117 Å². The molecular weight excluding hydrogens is 464 g/mol. The van der Waals surface area contributed by atoms with E-state index in [1.165, 1.54) is 75.3 Å². The zero-order valence-corrected chi connectivity index (χ0v) is 26.1. The highest BCUT2D eigenvalue weighted by Crippen LogP contribution is 2.38. The fourth-order valence-corrected chi connectivity index (χ4v) is 5.48. The van der Waals surface area contributed by atoms with Crippen LogP contribution in [0.2, 0.25) is 0 Å². The quantitative estimate of drug-likeness (QED) is 0.203. The molecule has 0 unspecified atom stereocenters. The van der Waals surface area contributed by atoms with Crippen molar-refractivity contribution in [2.24, 2.45) is 0 Å². The third-order valence-electron chi connectivity index (χ3n) is 9.13. The number of hydrogen-bond donors (Lipinski definition) is 2. The molecule has 0 aromatic heterocycles. The van der Waals surface area contributed by atoms with E-state index in [0.29, 0.717) is 11.5 Å². The summed E-state index contributed by atoms with van der Waals surface area (Å²) in [6, 6.07) is 8.86. The number of benzene rings is 2. The Morgan fingerprint density at radius 2 is 0.789 bits per heavy atom. The van der Waals surface area contributed by atoms with E-state index in [2.05, 4.69) is 65.8 Å². The van der Waals surface area contributed by atoms with Crippen LogP contribution in [0.3, 0.4) is 0 Å². The molecule has 0 saturated heterocycles. The van der Waals surface area contributed by atoms with E-state index in [1.54, 1.807) is 0 Å². The molecule has 2 aromatic carbocycles. The van der Waals surface area contributed by atoms with E-state index in [9.17, 15) is 10.2 Å². The summed E-state index contributed by atoms with van der Waals surface area (Å²) in [6.45, 7) is 17.4. The number of phenols is 2. The van der Waals surface area contributed by atoms with Crippen LogP contribution in [0.4, 0.5) is 0 Å². The highest BCUT2D eigenvalue weighted by atomic mass is 16.3. The predicted molar refractivity (Wildman–Crippen MR) is 166 cm³/mol. The van der Waals surface area contributed by atoms with Crippen LogP contribution in [0.25, 0.3) is 0 Å². The Morgan fingerprint density at radius 1 is 0.500 bits per heavy atom. The van der Waals surface area contributed by atoms with Crippen molar-refractivity contribution in [2.75, 3.05) is 0 Å². The molecule has 214 valence electrons. The van der Waals surface area contributed by atoms with Crippen LogP contribution in [0.15, 0.2) is 24.3 Å². The summed E-state index contributed by atoms with van der Waals surface area (Å²) in [5.74, 6) is 0.974. The SMILES string of the molecule is CCC(C)(C)c1cc(CCCCCCCCCCCCc2cc(C)c(O)c(C(C)(C)CC)c2)cc(C)c1O. The molecule has 0 bridgehead atoms. The van der Waals surface area contributed by atoms with E-state index in [4.69, 9.17) is 0 Å². The van der Waals surface area contributed by atoms with Gasteiger partial charge >= 0.3 is 0 Å². The number of unbranched alkanes of at least 4 members (excludes halogenated alkanes) is 9. The molecule has 0 amide bonds. The fraction of sp³-hybridized carbons (Fsp3) is 0.667. The molecule has 2 heteroatoms. The lowest BCUT2D eigenvalue weighted by molar-refractivity contribution is 0.424. The molecule has 0 aliphatic rings. The molecule has 0 fully saturated rings. The van der Waals surface area contributed by atoms with Crippen LogP contribution in [-0.2, 0) is 23.7 Å². The Bertz CT molecular complexity index is 917. The Hall–Kier alpha value is -1.96. The van der Waals surface area contributed by atoms with Crippen LogP contribution in [0.1, 0.15) is 152 Å². The van der Waals surface area contributed by atoms with Gasteiger partial charge in [-0.3, -0.25) is 0 Å². The van der Waals surface area contributed by atoms with Crippen molar-refractivity contribution in [3.63, 3.8) is 0 Å². The Labute approximate surface area is 235 Å². The third-order valence-corrected chi connectivity index (χ3v) is 9.13.